The summed E-state index contributed by atoms with van der Waals surface area (Å²) >= 11 is 5.67. The molecule has 0 bridgehead atoms. The molecule has 0 saturated carbocycles. The second-order valence-corrected chi connectivity index (χ2v) is 3.20. The zero-order valence-electron chi connectivity index (χ0n) is 7.83. The fraction of sp³-hybridized carbons (Fsp3) is 0.400. The minimum atomic E-state index is 0.402. The number of nitrogens with zero attached hydrogens (tertiary/aromatic N) is 2. The van der Waals surface area contributed by atoms with E-state index in [1.54, 1.807) is 6.20 Å². The molecular weight excluding hydrogens is 198 g/mol. The lowest BCUT2D eigenvalue weighted by Gasteiger charge is -2.03. The Bertz CT molecular complexity index is 319. The third-order valence-electron chi connectivity index (χ3n) is 1.66. The van der Waals surface area contributed by atoms with Gasteiger partial charge in [-0.2, -0.15) is 0 Å². The molecule has 0 amide bonds. The Balaban J connectivity index is 2.22. The fourth-order valence-corrected chi connectivity index (χ4v) is 1.14. The molecule has 3 nitrogen and oxygen atoms in total. The first kappa shape index (κ1) is 10.8. The number of aromatic nitrogens is 2. The van der Waals surface area contributed by atoms with E-state index in [4.69, 9.17) is 18.0 Å². The van der Waals surface area contributed by atoms with Crippen molar-refractivity contribution in [3.05, 3.63) is 17.5 Å². The minimum Gasteiger partial charge on any atom is -0.369 e. The summed E-state index contributed by atoms with van der Waals surface area (Å²) < 4.78 is 0. The monoisotopic (exact) mass is 209 g/mol. The van der Waals surface area contributed by atoms with Crippen LogP contribution >= 0.6 is 11.6 Å². The Kier molecular flexibility index (Phi) is 4.81. The van der Waals surface area contributed by atoms with Crippen molar-refractivity contribution >= 4 is 17.4 Å². The summed E-state index contributed by atoms with van der Waals surface area (Å²) in [6.07, 6.45) is 11.2. The minimum absolute atomic E-state index is 0.402. The van der Waals surface area contributed by atoms with E-state index in [2.05, 4.69) is 21.2 Å². The SMILES string of the molecule is C#CCCCCNc1cncc(Cl)n1. The summed E-state index contributed by atoms with van der Waals surface area (Å²) in [7, 11) is 0. The number of unbranched alkanes of at least 4 members (excludes halogenated alkanes) is 2. The first-order valence-corrected chi connectivity index (χ1v) is 4.85. The highest BCUT2D eigenvalue weighted by molar-refractivity contribution is 6.29. The first-order chi connectivity index (χ1) is 6.83. The predicted octanol–water partition coefficient (Wildman–Crippen LogP) is 2.35. The van der Waals surface area contributed by atoms with Crippen LogP contribution in [0.1, 0.15) is 19.3 Å². The largest absolute Gasteiger partial charge is 0.369 e. The summed E-state index contributed by atoms with van der Waals surface area (Å²) in [6.45, 7) is 0.844. The molecule has 14 heavy (non-hydrogen) atoms. The molecule has 1 aromatic heterocycles. The molecule has 0 radical (unpaired) electrons. The highest BCUT2D eigenvalue weighted by Gasteiger charge is 1.94. The average molecular weight is 210 g/mol. The van der Waals surface area contributed by atoms with E-state index in [-0.39, 0.29) is 0 Å². The number of nitrogens with one attached hydrogen (secondary N) is 1. The summed E-state index contributed by atoms with van der Waals surface area (Å²) in [4.78, 5) is 7.95. The molecule has 4 heteroatoms. The predicted molar refractivity (Wildman–Crippen MR) is 58.2 cm³/mol. The van der Waals surface area contributed by atoms with Crippen LogP contribution in [0.2, 0.25) is 5.15 Å². The van der Waals surface area contributed by atoms with Gasteiger partial charge >= 0.3 is 0 Å². The van der Waals surface area contributed by atoms with Gasteiger partial charge in [0, 0.05) is 13.0 Å². The maximum atomic E-state index is 5.67. The summed E-state index contributed by atoms with van der Waals surface area (Å²) in [5.74, 6) is 3.31. The number of rotatable bonds is 5. The standard InChI is InChI=1S/C10H12ClN3/c1-2-3-4-5-6-13-10-8-12-7-9(11)14-10/h1,7-8H,3-6H2,(H,13,14). The summed E-state index contributed by atoms with van der Waals surface area (Å²) in [6, 6.07) is 0. The van der Waals surface area contributed by atoms with Gasteiger partial charge in [0.05, 0.1) is 12.4 Å². The second-order valence-electron chi connectivity index (χ2n) is 2.82. The second kappa shape index (κ2) is 6.22. The van der Waals surface area contributed by atoms with Crippen molar-refractivity contribution in [3.8, 4) is 12.3 Å². The van der Waals surface area contributed by atoms with Crippen LogP contribution in [0.15, 0.2) is 12.4 Å². The molecule has 74 valence electrons. The van der Waals surface area contributed by atoms with Crippen LogP contribution in [0.5, 0.6) is 0 Å². The molecule has 1 aromatic rings. The first-order valence-electron chi connectivity index (χ1n) is 4.48. The van der Waals surface area contributed by atoms with Crippen LogP contribution in [-0.2, 0) is 0 Å². The molecular formula is C10H12ClN3. The van der Waals surface area contributed by atoms with Crippen molar-refractivity contribution in [2.45, 2.75) is 19.3 Å². The van der Waals surface area contributed by atoms with E-state index in [0.717, 1.165) is 25.8 Å². The van der Waals surface area contributed by atoms with Crippen LogP contribution in [-0.4, -0.2) is 16.5 Å². The topological polar surface area (TPSA) is 37.8 Å². The highest BCUT2D eigenvalue weighted by atomic mass is 35.5. The molecule has 1 N–H and O–H groups in total. The Morgan fingerprint density at radius 1 is 1.43 bits per heavy atom. The number of hydrogen-bond acceptors (Lipinski definition) is 3. The average Bonchev–Trinajstić information content (AvgIpc) is 2.18. The van der Waals surface area contributed by atoms with Crippen molar-refractivity contribution < 1.29 is 0 Å². The highest BCUT2D eigenvalue weighted by Crippen LogP contribution is 2.06. The molecule has 0 aliphatic carbocycles. The molecule has 1 heterocycles. The lowest BCUT2D eigenvalue weighted by Crippen LogP contribution is -2.03. The molecule has 0 aliphatic rings. The maximum absolute atomic E-state index is 5.67. The molecule has 0 fully saturated rings. The normalized spacial score (nSPS) is 9.43. The zero-order valence-corrected chi connectivity index (χ0v) is 8.59. The number of hydrogen-bond donors (Lipinski definition) is 1. The van der Waals surface area contributed by atoms with Crippen molar-refractivity contribution in [1.82, 2.24) is 9.97 Å². The molecule has 0 aliphatic heterocycles. The van der Waals surface area contributed by atoms with Crippen LogP contribution in [0.25, 0.3) is 0 Å². The van der Waals surface area contributed by atoms with Crippen molar-refractivity contribution in [2.24, 2.45) is 0 Å². The van der Waals surface area contributed by atoms with E-state index in [1.165, 1.54) is 6.20 Å². The van der Waals surface area contributed by atoms with Gasteiger partial charge in [-0.1, -0.05) is 11.6 Å². The molecule has 0 atom stereocenters. The van der Waals surface area contributed by atoms with Gasteiger partial charge in [-0.3, -0.25) is 4.98 Å². The third-order valence-corrected chi connectivity index (χ3v) is 1.84. The van der Waals surface area contributed by atoms with Crippen LogP contribution in [0.3, 0.4) is 0 Å². The molecule has 0 saturated heterocycles. The van der Waals surface area contributed by atoms with Crippen molar-refractivity contribution in [3.63, 3.8) is 0 Å². The van der Waals surface area contributed by atoms with Gasteiger partial charge in [0.25, 0.3) is 0 Å². The molecule has 1 rings (SSSR count). The Hall–Kier alpha value is -1.27. The van der Waals surface area contributed by atoms with Gasteiger partial charge in [0.1, 0.15) is 11.0 Å². The Labute approximate surface area is 88.9 Å². The van der Waals surface area contributed by atoms with Gasteiger partial charge in [-0.25, -0.2) is 4.98 Å². The smallest absolute Gasteiger partial charge is 0.149 e. The van der Waals surface area contributed by atoms with E-state index in [9.17, 15) is 0 Å². The van der Waals surface area contributed by atoms with E-state index < -0.39 is 0 Å². The number of terminal acetylenes is 1. The van der Waals surface area contributed by atoms with Crippen LogP contribution in [0, 0.1) is 12.3 Å². The van der Waals surface area contributed by atoms with Gasteiger partial charge < -0.3 is 5.32 Å². The van der Waals surface area contributed by atoms with Gasteiger partial charge in [0.15, 0.2) is 0 Å². The van der Waals surface area contributed by atoms with Crippen molar-refractivity contribution in [2.75, 3.05) is 11.9 Å². The molecule has 0 aromatic carbocycles. The third kappa shape index (κ3) is 4.11. The zero-order chi connectivity index (χ0) is 10.2. The van der Waals surface area contributed by atoms with Crippen LogP contribution in [0.4, 0.5) is 5.82 Å². The van der Waals surface area contributed by atoms with E-state index in [1.807, 2.05) is 0 Å². The van der Waals surface area contributed by atoms with Gasteiger partial charge in [-0.15, -0.1) is 12.3 Å². The quantitative estimate of drug-likeness (QED) is 0.598. The Morgan fingerprint density at radius 2 is 2.29 bits per heavy atom. The van der Waals surface area contributed by atoms with E-state index in [0.29, 0.717) is 11.0 Å². The summed E-state index contributed by atoms with van der Waals surface area (Å²) in [5.41, 5.74) is 0. The lowest BCUT2D eigenvalue weighted by atomic mass is 10.2. The molecule has 0 spiro atoms. The van der Waals surface area contributed by atoms with Gasteiger partial charge in [-0.05, 0) is 12.8 Å². The maximum Gasteiger partial charge on any atom is 0.149 e. The van der Waals surface area contributed by atoms with Gasteiger partial charge in [0.2, 0.25) is 0 Å². The fourth-order valence-electron chi connectivity index (χ4n) is 0.996. The lowest BCUT2D eigenvalue weighted by molar-refractivity contribution is 0.787. The number of halogens is 1. The van der Waals surface area contributed by atoms with E-state index >= 15 is 0 Å². The summed E-state index contributed by atoms with van der Waals surface area (Å²) in [5, 5.41) is 3.52. The number of anilines is 1. The molecule has 0 unspecified atom stereocenters. The Morgan fingerprint density at radius 3 is 3.00 bits per heavy atom. The van der Waals surface area contributed by atoms with Crippen molar-refractivity contribution in [1.29, 1.82) is 0 Å². The van der Waals surface area contributed by atoms with Crippen LogP contribution < -0.4 is 5.32 Å².